The molecule has 0 atom stereocenters. The molecule has 1 saturated heterocycles. The minimum Gasteiger partial charge on any atom is -0.493 e. The Morgan fingerprint density at radius 1 is 0.857 bits per heavy atom. The Morgan fingerprint density at radius 2 is 1.51 bits per heavy atom. The van der Waals surface area contributed by atoms with Gasteiger partial charge in [-0.2, -0.15) is 4.98 Å². The van der Waals surface area contributed by atoms with Gasteiger partial charge < -0.3 is 20.1 Å². The number of nitrogens with one attached hydrogen (secondary N) is 2. The maximum absolute atomic E-state index is 5.53. The molecular weight excluding hydrogens is 438 g/mol. The number of anilines is 3. The number of benzene rings is 3. The molecule has 2 N–H and O–H groups in total. The summed E-state index contributed by atoms with van der Waals surface area (Å²) in [6, 6.07) is 24.8. The highest BCUT2D eigenvalue weighted by Gasteiger charge is 2.21. The highest BCUT2D eigenvalue weighted by molar-refractivity contribution is 5.94. The predicted octanol–water partition coefficient (Wildman–Crippen LogP) is 5.47. The van der Waals surface area contributed by atoms with E-state index in [1.807, 2.05) is 42.5 Å². The number of hydrogen-bond donors (Lipinski definition) is 2. The largest absolute Gasteiger partial charge is 0.493 e. The average molecular weight is 470 g/mol. The predicted molar refractivity (Wildman–Crippen MR) is 141 cm³/mol. The second kappa shape index (κ2) is 10.6. The van der Waals surface area contributed by atoms with E-state index in [2.05, 4.69) is 45.9 Å². The molecule has 1 aliphatic heterocycles. The van der Waals surface area contributed by atoms with Crippen LogP contribution in [0, 0.1) is 0 Å². The first-order chi connectivity index (χ1) is 17.2. The highest BCUT2D eigenvalue weighted by Crippen LogP contribution is 2.35. The number of nitrogens with zero attached hydrogens (tertiary/aromatic N) is 3. The lowest BCUT2D eigenvalue weighted by molar-refractivity contribution is 0.211. The van der Waals surface area contributed by atoms with Gasteiger partial charge in [0.2, 0.25) is 5.95 Å². The maximum Gasteiger partial charge on any atom is 0.225 e. The molecule has 1 aliphatic rings. The first-order valence-electron chi connectivity index (χ1n) is 12.0. The highest BCUT2D eigenvalue weighted by atomic mass is 16.5. The van der Waals surface area contributed by atoms with Gasteiger partial charge >= 0.3 is 0 Å². The summed E-state index contributed by atoms with van der Waals surface area (Å²) >= 11 is 0. The van der Waals surface area contributed by atoms with E-state index >= 15 is 0 Å². The summed E-state index contributed by atoms with van der Waals surface area (Å²) < 4.78 is 11.0. The Balaban J connectivity index is 1.36. The van der Waals surface area contributed by atoms with Crippen LogP contribution < -0.4 is 20.1 Å². The van der Waals surface area contributed by atoms with Crippen molar-refractivity contribution in [3.63, 3.8) is 0 Å². The van der Waals surface area contributed by atoms with Gasteiger partial charge in [-0.1, -0.05) is 48.5 Å². The number of likely N-dealkylation sites (tertiary alicyclic amines) is 1. The molecule has 1 aromatic heterocycles. The molecule has 4 aromatic rings. The number of hydrogen-bond acceptors (Lipinski definition) is 7. The van der Waals surface area contributed by atoms with E-state index in [1.54, 1.807) is 14.2 Å². The molecule has 0 spiro atoms. The van der Waals surface area contributed by atoms with Crippen molar-refractivity contribution < 1.29 is 9.47 Å². The van der Waals surface area contributed by atoms with E-state index in [1.165, 1.54) is 5.56 Å². The van der Waals surface area contributed by atoms with Crippen LogP contribution >= 0.6 is 0 Å². The Hall–Kier alpha value is -3.84. The standard InChI is InChI=1S/C28H31N5O2/c1-34-25-17-23-24(18-26(25)35-2)31-28(32-27(23)29-21-11-7-4-8-12-21)30-22-13-15-33(16-14-22)19-20-9-5-3-6-10-20/h3-12,17-18,22H,13-16,19H2,1-2H3,(H2,29,30,31,32). The lowest BCUT2D eigenvalue weighted by Crippen LogP contribution is -2.39. The summed E-state index contributed by atoms with van der Waals surface area (Å²) in [6.45, 7) is 3.08. The molecule has 35 heavy (non-hydrogen) atoms. The van der Waals surface area contributed by atoms with E-state index in [9.17, 15) is 0 Å². The molecule has 3 aromatic carbocycles. The summed E-state index contributed by atoms with van der Waals surface area (Å²) in [7, 11) is 3.27. The second-order valence-corrected chi connectivity index (χ2v) is 8.79. The SMILES string of the molecule is COc1cc2nc(NC3CCN(Cc4ccccc4)CC3)nc(Nc3ccccc3)c2cc1OC. The third-order valence-electron chi connectivity index (χ3n) is 6.41. The van der Waals surface area contributed by atoms with Crippen LogP contribution in [0.1, 0.15) is 18.4 Å². The quantitative estimate of drug-likeness (QED) is 0.355. The van der Waals surface area contributed by atoms with E-state index < -0.39 is 0 Å². The van der Waals surface area contributed by atoms with Gasteiger partial charge in [0.25, 0.3) is 0 Å². The van der Waals surface area contributed by atoms with Gasteiger partial charge in [-0.25, -0.2) is 4.98 Å². The van der Waals surface area contributed by atoms with Gasteiger partial charge in [0.15, 0.2) is 11.5 Å². The number of para-hydroxylation sites is 1. The molecule has 7 heteroatoms. The van der Waals surface area contributed by atoms with Crippen molar-refractivity contribution in [3.8, 4) is 11.5 Å². The number of rotatable bonds is 8. The van der Waals surface area contributed by atoms with Gasteiger partial charge in [0.1, 0.15) is 5.82 Å². The summed E-state index contributed by atoms with van der Waals surface area (Å²) in [4.78, 5) is 12.2. The van der Waals surface area contributed by atoms with Crippen molar-refractivity contribution in [2.24, 2.45) is 0 Å². The fourth-order valence-corrected chi connectivity index (χ4v) is 4.53. The van der Waals surface area contributed by atoms with Crippen LogP contribution in [0.4, 0.5) is 17.5 Å². The smallest absolute Gasteiger partial charge is 0.225 e. The Morgan fingerprint density at radius 3 is 2.20 bits per heavy atom. The lowest BCUT2D eigenvalue weighted by Gasteiger charge is -2.32. The fraction of sp³-hybridized carbons (Fsp3) is 0.286. The van der Waals surface area contributed by atoms with E-state index in [0.717, 1.165) is 54.9 Å². The fourth-order valence-electron chi connectivity index (χ4n) is 4.53. The molecule has 1 fully saturated rings. The molecule has 180 valence electrons. The molecule has 0 saturated carbocycles. The van der Waals surface area contributed by atoms with Crippen LogP contribution in [-0.2, 0) is 6.54 Å². The van der Waals surface area contributed by atoms with Gasteiger partial charge in [-0.3, -0.25) is 4.90 Å². The first kappa shape index (κ1) is 22.9. The normalized spacial score (nSPS) is 14.6. The molecule has 7 nitrogen and oxygen atoms in total. The zero-order valence-electron chi connectivity index (χ0n) is 20.2. The number of ether oxygens (including phenoxy) is 2. The maximum atomic E-state index is 5.53. The lowest BCUT2D eigenvalue weighted by atomic mass is 10.0. The molecule has 5 rings (SSSR count). The van der Waals surface area contributed by atoms with Gasteiger partial charge in [0, 0.05) is 42.8 Å². The Bertz CT molecular complexity index is 1260. The number of piperidine rings is 1. The van der Waals surface area contributed by atoms with E-state index in [-0.39, 0.29) is 0 Å². The first-order valence-corrected chi connectivity index (χ1v) is 12.0. The third-order valence-corrected chi connectivity index (χ3v) is 6.41. The van der Waals surface area contributed by atoms with E-state index in [4.69, 9.17) is 19.4 Å². The number of aromatic nitrogens is 2. The topological polar surface area (TPSA) is 71.5 Å². The molecule has 0 unspecified atom stereocenters. The summed E-state index contributed by atoms with van der Waals surface area (Å²) in [5.74, 6) is 2.63. The number of fused-ring (bicyclic) bond motifs is 1. The van der Waals surface area contributed by atoms with Crippen LogP contribution in [0.15, 0.2) is 72.8 Å². The monoisotopic (exact) mass is 469 g/mol. The third kappa shape index (κ3) is 5.46. The minimum atomic E-state index is 0.323. The molecule has 0 aliphatic carbocycles. The van der Waals surface area contributed by atoms with Crippen molar-refractivity contribution in [3.05, 3.63) is 78.4 Å². The van der Waals surface area contributed by atoms with Gasteiger partial charge in [-0.05, 0) is 36.6 Å². The van der Waals surface area contributed by atoms with Crippen molar-refractivity contribution in [2.75, 3.05) is 37.9 Å². The van der Waals surface area contributed by atoms with Crippen LogP contribution in [0.2, 0.25) is 0 Å². The van der Waals surface area contributed by atoms with Crippen molar-refractivity contribution in [1.29, 1.82) is 0 Å². The zero-order valence-corrected chi connectivity index (χ0v) is 20.2. The Kier molecular flexibility index (Phi) is 6.95. The Labute approximate surface area is 206 Å². The van der Waals surface area contributed by atoms with Crippen molar-refractivity contribution in [1.82, 2.24) is 14.9 Å². The molecule has 2 heterocycles. The zero-order chi connectivity index (χ0) is 24.0. The number of methoxy groups -OCH3 is 2. The second-order valence-electron chi connectivity index (χ2n) is 8.79. The molecular formula is C28H31N5O2. The van der Waals surface area contributed by atoms with E-state index in [0.29, 0.717) is 23.5 Å². The van der Waals surface area contributed by atoms with Crippen LogP contribution in [0.5, 0.6) is 11.5 Å². The van der Waals surface area contributed by atoms with Crippen LogP contribution in [-0.4, -0.2) is 48.2 Å². The minimum absolute atomic E-state index is 0.323. The van der Waals surface area contributed by atoms with Gasteiger partial charge in [0.05, 0.1) is 19.7 Å². The molecule has 0 amide bonds. The summed E-state index contributed by atoms with van der Waals surface area (Å²) in [6.07, 6.45) is 2.09. The van der Waals surface area contributed by atoms with Crippen molar-refractivity contribution >= 4 is 28.4 Å². The average Bonchev–Trinajstić information content (AvgIpc) is 2.90. The molecule has 0 bridgehead atoms. The molecule has 0 radical (unpaired) electrons. The van der Waals surface area contributed by atoms with Gasteiger partial charge in [-0.15, -0.1) is 0 Å². The van der Waals surface area contributed by atoms with Crippen LogP contribution in [0.3, 0.4) is 0 Å². The summed E-state index contributed by atoms with van der Waals surface area (Å²) in [5.41, 5.74) is 3.11. The van der Waals surface area contributed by atoms with Crippen molar-refractivity contribution in [2.45, 2.75) is 25.4 Å². The van der Waals surface area contributed by atoms with Crippen LogP contribution in [0.25, 0.3) is 10.9 Å². The summed E-state index contributed by atoms with van der Waals surface area (Å²) in [5, 5.41) is 7.91.